The fraction of sp³-hybridized carbons (Fsp3) is 0.529. The molecule has 0 bridgehead atoms. The number of fused-ring (bicyclic) bond motifs is 5. The molecule has 4 nitrogen and oxygen atoms in total. The maximum Gasteiger partial charge on any atom is 0.178 e. The van der Waals surface area contributed by atoms with Gasteiger partial charge in [0, 0.05) is 16.8 Å². The van der Waals surface area contributed by atoms with Gasteiger partial charge in [-0.3, -0.25) is 0 Å². The molecule has 4 heteroatoms. The van der Waals surface area contributed by atoms with Crippen molar-refractivity contribution in [2.45, 2.75) is 108 Å². The molecule has 1 aromatic heterocycles. The van der Waals surface area contributed by atoms with E-state index in [2.05, 4.69) is 120 Å². The predicted octanol–water partition coefficient (Wildman–Crippen LogP) is 9.61. The summed E-state index contributed by atoms with van der Waals surface area (Å²) in [6.07, 6.45) is 1.91. The Bertz CT molecular complexity index is 1180. The monoisotopic (exact) mass is 514 g/mol. The molecule has 3 aromatic rings. The summed E-state index contributed by atoms with van der Waals surface area (Å²) in [6.45, 7) is 26.4. The van der Waals surface area contributed by atoms with Crippen molar-refractivity contribution in [3.63, 3.8) is 0 Å². The predicted molar refractivity (Wildman–Crippen MR) is 165 cm³/mol. The summed E-state index contributed by atoms with van der Waals surface area (Å²) in [7, 11) is 0. The SMILES string of the molecule is CC.CC.CC(C)(C)Cc1nc2c(nc1CC(C)(C)C)N1c3ccccc3C(C)(C)C1N2c1ccccc1. The van der Waals surface area contributed by atoms with Crippen LogP contribution in [0.2, 0.25) is 0 Å². The average Bonchev–Trinajstić information content (AvgIpc) is 3.31. The molecule has 1 unspecified atom stereocenters. The van der Waals surface area contributed by atoms with Gasteiger partial charge < -0.3 is 9.80 Å². The van der Waals surface area contributed by atoms with Crippen LogP contribution >= 0.6 is 0 Å². The number of rotatable bonds is 3. The zero-order valence-electron chi connectivity index (χ0n) is 26.0. The van der Waals surface area contributed by atoms with Crippen molar-refractivity contribution in [2.24, 2.45) is 10.8 Å². The lowest BCUT2D eigenvalue weighted by Gasteiger charge is -2.36. The molecule has 0 fully saturated rings. The molecule has 0 N–H and O–H groups in total. The summed E-state index contributed by atoms with van der Waals surface area (Å²) in [5, 5.41) is 0. The van der Waals surface area contributed by atoms with Crippen molar-refractivity contribution in [3.05, 3.63) is 71.5 Å². The molecule has 5 rings (SSSR count). The Morgan fingerprint density at radius 1 is 0.658 bits per heavy atom. The Kier molecular flexibility index (Phi) is 8.65. The second-order valence-corrected chi connectivity index (χ2v) is 12.9. The molecule has 0 saturated carbocycles. The van der Waals surface area contributed by atoms with Gasteiger partial charge in [-0.05, 0) is 47.4 Å². The molecule has 2 aliphatic heterocycles. The van der Waals surface area contributed by atoms with E-state index < -0.39 is 0 Å². The Morgan fingerprint density at radius 3 is 1.61 bits per heavy atom. The van der Waals surface area contributed by atoms with Gasteiger partial charge in [0.25, 0.3) is 0 Å². The average molecular weight is 515 g/mol. The lowest BCUT2D eigenvalue weighted by molar-refractivity contribution is 0.384. The van der Waals surface area contributed by atoms with E-state index >= 15 is 0 Å². The highest BCUT2D eigenvalue weighted by molar-refractivity contribution is 5.88. The fourth-order valence-corrected chi connectivity index (χ4v) is 5.55. The molecule has 2 aromatic carbocycles. The Hall–Kier alpha value is -2.88. The number of benzene rings is 2. The van der Waals surface area contributed by atoms with Crippen molar-refractivity contribution < 1.29 is 0 Å². The van der Waals surface area contributed by atoms with Gasteiger partial charge in [0.15, 0.2) is 11.6 Å². The van der Waals surface area contributed by atoms with E-state index in [9.17, 15) is 0 Å². The summed E-state index contributed by atoms with van der Waals surface area (Å²) < 4.78 is 0. The number of hydrogen-bond donors (Lipinski definition) is 0. The fourth-order valence-electron chi connectivity index (χ4n) is 5.55. The van der Waals surface area contributed by atoms with Crippen molar-refractivity contribution in [3.8, 4) is 0 Å². The minimum Gasteiger partial charge on any atom is -0.301 e. The molecule has 0 amide bonds. The van der Waals surface area contributed by atoms with Gasteiger partial charge in [0.2, 0.25) is 0 Å². The number of para-hydroxylation sites is 2. The third kappa shape index (κ3) is 5.60. The van der Waals surface area contributed by atoms with Gasteiger partial charge in [-0.2, -0.15) is 0 Å². The maximum atomic E-state index is 5.43. The molecular formula is C34H50N4. The highest BCUT2D eigenvalue weighted by Gasteiger charge is 2.55. The normalized spacial score (nSPS) is 17.0. The first-order valence-electron chi connectivity index (χ1n) is 14.5. The van der Waals surface area contributed by atoms with Crippen LogP contribution in [0, 0.1) is 10.8 Å². The van der Waals surface area contributed by atoms with Gasteiger partial charge >= 0.3 is 0 Å². The summed E-state index contributed by atoms with van der Waals surface area (Å²) >= 11 is 0. The topological polar surface area (TPSA) is 32.3 Å². The lowest BCUT2D eigenvalue weighted by atomic mass is 9.83. The van der Waals surface area contributed by atoms with Gasteiger partial charge in [-0.15, -0.1) is 0 Å². The van der Waals surface area contributed by atoms with Gasteiger partial charge in [0.05, 0.1) is 11.4 Å². The molecule has 206 valence electrons. The van der Waals surface area contributed by atoms with Crippen molar-refractivity contribution >= 4 is 23.0 Å². The van der Waals surface area contributed by atoms with E-state index in [0.717, 1.165) is 41.6 Å². The summed E-state index contributed by atoms with van der Waals surface area (Å²) in [5.41, 5.74) is 6.22. The number of hydrogen-bond acceptors (Lipinski definition) is 4. The standard InChI is InChI=1S/C30H38N4.2C2H6/c1-28(2,3)18-22-23(19-29(4,5)6)32-26-25(31-22)33(20-14-10-9-11-15-20)27-30(7,8)21-16-12-13-17-24(21)34(26)27;2*1-2/h9-17,27H,18-19H2,1-8H3;2*1-2H3. The van der Waals surface area contributed by atoms with Crippen LogP contribution in [0.5, 0.6) is 0 Å². The maximum absolute atomic E-state index is 5.43. The van der Waals surface area contributed by atoms with Crippen LogP contribution in [0.15, 0.2) is 54.6 Å². The van der Waals surface area contributed by atoms with Crippen LogP contribution in [0.4, 0.5) is 23.0 Å². The van der Waals surface area contributed by atoms with Gasteiger partial charge in [-0.1, -0.05) is 119 Å². The Morgan fingerprint density at radius 2 is 1.11 bits per heavy atom. The molecule has 2 aliphatic rings. The quantitative estimate of drug-likeness (QED) is 0.348. The highest BCUT2D eigenvalue weighted by Crippen LogP contribution is 2.57. The smallest absolute Gasteiger partial charge is 0.178 e. The first kappa shape index (κ1) is 29.7. The van der Waals surface area contributed by atoms with E-state index in [1.54, 1.807) is 0 Å². The van der Waals surface area contributed by atoms with E-state index in [-0.39, 0.29) is 22.4 Å². The van der Waals surface area contributed by atoms with Gasteiger partial charge in [-0.25, -0.2) is 9.97 Å². The second kappa shape index (κ2) is 11.1. The first-order valence-corrected chi connectivity index (χ1v) is 14.5. The summed E-state index contributed by atoms with van der Waals surface area (Å²) in [5.74, 6) is 1.97. The Balaban J connectivity index is 0.000000956. The molecule has 3 heterocycles. The highest BCUT2D eigenvalue weighted by atomic mass is 15.5. The summed E-state index contributed by atoms with van der Waals surface area (Å²) in [4.78, 5) is 15.7. The molecule has 0 saturated heterocycles. The van der Waals surface area contributed by atoms with Crippen molar-refractivity contribution in [1.82, 2.24) is 9.97 Å². The van der Waals surface area contributed by atoms with Crippen LogP contribution in [0.3, 0.4) is 0 Å². The third-order valence-electron chi connectivity index (χ3n) is 6.89. The van der Waals surface area contributed by atoms with Crippen LogP contribution in [0.25, 0.3) is 0 Å². The van der Waals surface area contributed by atoms with Crippen LogP contribution < -0.4 is 9.80 Å². The van der Waals surface area contributed by atoms with Crippen molar-refractivity contribution in [2.75, 3.05) is 9.80 Å². The van der Waals surface area contributed by atoms with Crippen molar-refractivity contribution in [1.29, 1.82) is 0 Å². The van der Waals surface area contributed by atoms with Crippen LogP contribution in [-0.4, -0.2) is 16.1 Å². The van der Waals surface area contributed by atoms with Gasteiger partial charge in [0.1, 0.15) is 6.17 Å². The number of aromatic nitrogens is 2. The zero-order chi connectivity index (χ0) is 28.5. The molecular weight excluding hydrogens is 464 g/mol. The molecule has 0 aliphatic carbocycles. The summed E-state index contributed by atoms with van der Waals surface area (Å²) in [6, 6.07) is 19.5. The Labute approximate surface area is 232 Å². The molecule has 0 radical (unpaired) electrons. The molecule has 1 atom stereocenters. The van der Waals surface area contributed by atoms with Crippen LogP contribution in [0.1, 0.15) is 100 Å². The molecule has 38 heavy (non-hydrogen) atoms. The number of nitrogens with zero attached hydrogens (tertiary/aromatic N) is 4. The minimum absolute atomic E-state index is 0.0923. The first-order chi connectivity index (χ1) is 17.9. The third-order valence-corrected chi connectivity index (χ3v) is 6.89. The van der Waals surface area contributed by atoms with E-state index in [1.165, 1.54) is 11.3 Å². The van der Waals surface area contributed by atoms with E-state index in [0.29, 0.717) is 0 Å². The second-order valence-electron chi connectivity index (χ2n) is 12.9. The number of anilines is 4. The van der Waals surface area contributed by atoms with E-state index in [1.807, 2.05) is 27.7 Å². The van der Waals surface area contributed by atoms with E-state index in [4.69, 9.17) is 9.97 Å². The zero-order valence-corrected chi connectivity index (χ0v) is 26.0. The van der Waals surface area contributed by atoms with Crippen LogP contribution in [-0.2, 0) is 18.3 Å². The lowest BCUT2D eigenvalue weighted by Crippen LogP contribution is -2.46. The minimum atomic E-state index is -0.0941. The largest absolute Gasteiger partial charge is 0.301 e. The molecule has 0 spiro atoms.